The van der Waals surface area contributed by atoms with Gasteiger partial charge in [0.2, 0.25) is 0 Å². The summed E-state index contributed by atoms with van der Waals surface area (Å²) in [6, 6.07) is 17.6. The lowest BCUT2D eigenvalue weighted by molar-refractivity contribution is -0.112. The fourth-order valence-electron chi connectivity index (χ4n) is 3.69. The summed E-state index contributed by atoms with van der Waals surface area (Å²) in [4.78, 5) is 25.3. The van der Waals surface area contributed by atoms with Gasteiger partial charge in [0.15, 0.2) is 0 Å². The SMILES string of the molecule is CCCn1c(C)cc(/C=C(\C#N)C(=O)Nc2ccc(C(=O)Nc3ccccc3OC)cc2)c1C. The summed E-state index contributed by atoms with van der Waals surface area (Å²) >= 11 is 0. The average molecular weight is 457 g/mol. The van der Waals surface area contributed by atoms with Crippen LogP contribution in [0.15, 0.2) is 60.2 Å². The molecule has 174 valence electrons. The average Bonchev–Trinajstić information content (AvgIpc) is 3.10. The number of ether oxygens (including phenoxy) is 1. The number of nitrogens with zero attached hydrogens (tertiary/aromatic N) is 2. The summed E-state index contributed by atoms with van der Waals surface area (Å²) in [5.74, 6) is -0.248. The first-order valence-electron chi connectivity index (χ1n) is 11.0. The Bertz CT molecular complexity index is 1260. The molecule has 2 aromatic carbocycles. The van der Waals surface area contributed by atoms with Crippen LogP contribution in [0.2, 0.25) is 0 Å². The zero-order valence-corrected chi connectivity index (χ0v) is 19.8. The van der Waals surface area contributed by atoms with E-state index in [0.717, 1.165) is 29.9 Å². The zero-order valence-electron chi connectivity index (χ0n) is 19.8. The zero-order chi connectivity index (χ0) is 24.7. The van der Waals surface area contributed by atoms with Crippen LogP contribution in [-0.2, 0) is 11.3 Å². The van der Waals surface area contributed by atoms with Crippen molar-refractivity contribution in [1.82, 2.24) is 4.57 Å². The largest absolute Gasteiger partial charge is 0.495 e. The van der Waals surface area contributed by atoms with E-state index < -0.39 is 5.91 Å². The number of nitrogens with one attached hydrogen (secondary N) is 2. The molecular weight excluding hydrogens is 428 g/mol. The second kappa shape index (κ2) is 11.0. The smallest absolute Gasteiger partial charge is 0.266 e. The lowest BCUT2D eigenvalue weighted by Crippen LogP contribution is -2.15. The lowest BCUT2D eigenvalue weighted by atomic mass is 10.1. The van der Waals surface area contributed by atoms with Crippen molar-refractivity contribution in [1.29, 1.82) is 5.26 Å². The van der Waals surface area contributed by atoms with Crippen molar-refractivity contribution in [2.75, 3.05) is 17.7 Å². The van der Waals surface area contributed by atoms with E-state index in [1.54, 1.807) is 48.5 Å². The van der Waals surface area contributed by atoms with Gasteiger partial charge in [0.25, 0.3) is 11.8 Å². The van der Waals surface area contributed by atoms with Gasteiger partial charge in [-0.2, -0.15) is 5.26 Å². The molecule has 0 saturated carbocycles. The molecule has 34 heavy (non-hydrogen) atoms. The second-order valence-electron chi connectivity index (χ2n) is 7.83. The molecule has 0 spiro atoms. The minimum Gasteiger partial charge on any atom is -0.495 e. The molecule has 1 heterocycles. The molecule has 7 nitrogen and oxygen atoms in total. The number of aromatic nitrogens is 1. The van der Waals surface area contributed by atoms with Crippen molar-refractivity contribution < 1.29 is 14.3 Å². The highest BCUT2D eigenvalue weighted by Crippen LogP contribution is 2.24. The number of carbonyl (C=O) groups is 2. The van der Waals surface area contributed by atoms with Crippen molar-refractivity contribution >= 4 is 29.3 Å². The van der Waals surface area contributed by atoms with Gasteiger partial charge in [-0.25, -0.2) is 0 Å². The Morgan fingerprint density at radius 2 is 1.79 bits per heavy atom. The van der Waals surface area contributed by atoms with Gasteiger partial charge in [0, 0.05) is 29.2 Å². The van der Waals surface area contributed by atoms with Gasteiger partial charge in [0.05, 0.1) is 12.8 Å². The number of rotatable bonds is 8. The molecule has 0 atom stereocenters. The van der Waals surface area contributed by atoms with Crippen molar-refractivity contribution in [3.63, 3.8) is 0 Å². The lowest BCUT2D eigenvalue weighted by Gasteiger charge is -2.10. The summed E-state index contributed by atoms with van der Waals surface area (Å²) < 4.78 is 7.43. The maximum Gasteiger partial charge on any atom is 0.266 e. The van der Waals surface area contributed by atoms with Crippen LogP contribution in [0.1, 0.15) is 40.7 Å². The van der Waals surface area contributed by atoms with E-state index in [1.165, 1.54) is 7.11 Å². The fourth-order valence-corrected chi connectivity index (χ4v) is 3.69. The third-order valence-electron chi connectivity index (χ3n) is 5.49. The highest BCUT2D eigenvalue weighted by Gasteiger charge is 2.14. The van der Waals surface area contributed by atoms with Gasteiger partial charge < -0.3 is 19.9 Å². The minimum atomic E-state index is -0.506. The third kappa shape index (κ3) is 5.54. The Morgan fingerprint density at radius 3 is 2.44 bits per heavy atom. The van der Waals surface area contributed by atoms with Crippen molar-refractivity contribution in [3.05, 3.63) is 82.7 Å². The van der Waals surface area contributed by atoms with Crippen LogP contribution in [0.4, 0.5) is 11.4 Å². The first-order chi connectivity index (χ1) is 16.4. The number of methoxy groups -OCH3 is 1. The Hall–Kier alpha value is -4.31. The van der Waals surface area contributed by atoms with Crippen LogP contribution in [0.3, 0.4) is 0 Å². The van der Waals surface area contributed by atoms with Crippen LogP contribution < -0.4 is 15.4 Å². The monoisotopic (exact) mass is 456 g/mol. The molecule has 0 unspecified atom stereocenters. The van der Waals surface area contributed by atoms with Crippen molar-refractivity contribution in [3.8, 4) is 11.8 Å². The predicted molar refractivity (Wildman–Crippen MR) is 134 cm³/mol. The van der Waals surface area contributed by atoms with Gasteiger partial charge in [-0.1, -0.05) is 19.1 Å². The molecule has 0 aliphatic heterocycles. The molecule has 7 heteroatoms. The van der Waals surface area contributed by atoms with Crippen LogP contribution in [0, 0.1) is 25.2 Å². The number of hydrogen-bond acceptors (Lipinski definition) is 4. The Balaban J connectivity index is 1.71. The van der Waals surface area contributed by atoms with E-state index in [0.29, 0.717) is 22.7 Å². The molecule has 1 aromatic heterocycles. The standard InChI is InChI=1S/C27H28N4O3/c1-5-14-31-18(2)15-21(19(31)3)16-22(17-28)27(33)29-23-12-10-20(11-13-23)26(32)30-24-8-6-7-9-25(24)34-4/h6-13,15-16H,5,14H2,1-4H3,(H,29,33)(H,30,32)/b22-16+. The van der Waals surface area contributed by atoms with Crippen LogP contribution in [-0.4, -0.2) is 23.5 Å². The van der Waals surface area contributed by atoms with E-state index in [2.05, 4.69) is 22.1 Å². The molecule has 3 aromatic rings. The number of anilines is 2. The maximum atomic E-state index is 12.7. The number of para-hydroxylation sites is 2. The molecule has 0 radical (unpaired) electrons. The highest BCUT2D eigenvalue weighted by molar-refractivity contribution is 6.10. The molecule has 2 amide bonds. The molecular formula is C27H28N4O3. The predicted octanol–water partition coefficient (Wildman–Crippen LogP) is 5.32. The molecule has 0 saturated heterocycles. The normalized spacial score (nSPS) is 11.0. The summed E-state index contributed by atoms with van der Waals surface area (Å²) in [7, 11) is 1.54. The van der Waals surface area contributed by atoms with Crippen molar-refractivity contribution in [2.24, 2.45) is 0 Å². The number of hydrogen-bond donors (Lipinski definition) is 2. The minimum absolute atomic E-state index is 0.00902. The quantitative estimate of drug-likeness (QED) is 0.354. The molecule has 0 aliphatic carbocycles. The van der Waals surface area contributed by atoms with E-state index >= 15 is 0 Å². The number of amides is 2. The number of carbonyl (C=O) groups excluding carboxylic acids is 2. The second-order valence-corrected chi connectivity index (χ2v) is 7.83. The van der Waals surface area contributed by atoms with E-state index in [1.807, 2.05) is 32.0 Å². The van der Waals surface area contributed by atoms with Gasteiger partial charge in [-0.3, -0.25) is 9.59 Å². The van der Waals surface area contributed by atoms with E-state index in [-0.39, 0.29) is 11.5 Å². The fraction of sp³-hybridized carbons (Fsp3) is 0.222. The molecule has 3 rings (SSSR count). The van der Waals surface area contributed by atoms with E-state index in [9.17, 15) is 14.9 Å². The summed E-state index contributed by atoms with van der Waals surface area (Å²) in [6.07, 6.45) is 2.61. The van der Waals surface area contributed by atoms with Crippen LogP contribution in [0.5, 0.6) is 5.75 Å². The van der Waals surface area contributed by atoms with Crippen molar-refractivity contribution in [2.45, 2.75) is 33.7 Å². The number of benzene rings is 2. The Kier molecular flexibility index (Phi) is 7.88. The topological polar surface area (TPSA) is 96.2 Å². The third-order valence-corrected chi connectivity index (χ3v) is 5.49. The first-order valence-corrected chi connectivity index (χ1v) is 11.0. The summed E-state index contributed by atoms with van der Waals surface area (Å²) in [6.45, 7) is 6.99. The maximum absolute atomic E-state index is 12.7. The molecule has 0 aliphatic rings. The summed E-state index contributed by atoms with van der Waals surface area (Å²) in [5.41, 5.74) is 4.43. The summed E-state index contributed by atoms with van der Waals surface area (Å²) in [5, 5.41) is 15.1. The van der Waals surface area contributed by atoms with Gasteiger partial charge in [-0.15, -0.1) is 0 Å². The first kappa shape index (κ1) is 24.3. The van der Waals surface area contributed by atoms with Gasteiger partial charge in [-0.05, 0) is 74.4 Å². The van der Waals surface area contributed by atoms with Gasteiger partial charge >= 0.3 is 0 Å². The van der Waals surface area contributed by atoms with Crippen LogP contribution >= 0.6 is 0 Å². The highest BCUT2D eigenvalue weighted by atomic mass is 16.5. The number of nitriles is 1. The van der Waals surface area contributed by atoms with Crippen LogP contribution in [0.25, 0.3) is 6.08 Å². The molecule has 2 N–H and O–H groups in total. The molecule has 0 bridgehead atoms. The molecule has 0 fully saturated rings. The Morgan fingerprint density at radius 1 is 1.09 bits per heavy atom. The number of aryl methyl sites for hydroxylation is 1. The Labute approximate surface area is 199 Å². The van der Waals surface area contributed by atoms with E-state index in [4.69, 9.17) is 4.74 Å². The van der Waals surface area contributed by atoms with Gasteiger partial charge in [0.1, 0.15) is 17.4 Å².